The SMILES string of the molecule is CC1(C)OB(c2ccc3c(c2)C2(c4cc(B5OC(C)(C)C(C)(C)O5)ccc4-3)c3ccccc3-n3c4ccccc4c4cccc2c43)OC1(C)C.Cn1c(-c2ccc3c(c2)C2(c4cc(-c5nc6ccccc6n5C)ccc4-3)c3ccccc3-n3c4ccccc4c4cccc2c43)nc2ccccc21.Cn1c(Cl)nc2ccccc21. The van der Waals surface area contributed by atoms with Crippen molar-refractivity contribution in [2.45, 2.75) is 88.6 Å². The van der Waals surface area contributed by atoms with E-state index in [4.69, 9.17) is 40.2 Å². The van der Waals surface area contributed by atoms with Crippen molar-refractivity contribution >= 4 is 113 Å². The van der Waals surface area contributed by atoms with Crippen molar-refractivity contribution in [3.8, 4) is 56.4 Å². The van der Waals surface area contributed by atoms with Gasteiger partial charge < -0.3 is 41.5 Å². The molecule has 0 radical (unpaired) electrons. The Hall–Kier alpha value is -11.9. The zero-order valence-corrected chi connectivity index (χ0v) is 65.6. The van der Waals surface area contributed by atoms with Crippen LogP contribution >= 0.6 is 11.6 Å². The summed E-state index contributed by atoms with van der Waals surface area (Å²) in [6.45, 7) is 16.9. The lowest BCUT2D eigenvalue weighted by atomic mass is 9.63. The highest BCUT2D eigenvalue weighted by Crippen LogP contribution is 2.64. The van der Waals surface area contributed by atoms with Crippen molar-refractivity contribution < 1.29 is 18.6 Å². The van der Waals surface area contributed by atoms with Gasteiger partial charge in [-0.05, 0) is 217 Å². The van der Waals surface area contributed by atoms with Crippen LogP contribution < -0.4 is 10.9 Å². The second-order valence-electron chi connectivity index (χ2n) is 33.3. The van der Waals surface area contributed by atoms with Crippen LogP contribution in [0.15, 0.2) is 279 Å². The maximum Gasteiger partial charge on any atom is 0.494 e. The molecule has 15 heteroatoms. The number of halogens is 1. The normalized spacial score (nSPS) is 16.7. The average molecular weight is 1490 g/mol. The summed E-state index contributed by atoms with van der Waals surface area (Å²) in [5.74, 6) is 1.93. The molecule has 9 heterocycles. The minimum Gasteiger partial charge on any atom is -0.399 e. The minimum absolute atomic E-state index is 0.445. The van der Waals surface area contributed by atoms with E-state index >= 15 is 0 Å². The van der Waals surface area contributed by atoms with Gasteiger partial charge in [0.15, 0.2) is 0 Å². The van der Waals surface area contributed by atoms with Gasteiger partial charge in [-0.3, -0.25) is 0 Å². The maximum absolute atomic E-state index is 6.65. The molecule has 0 N–H and O–H groups in total. The highest BCUT2D eigenvalue weighted by Gasteiger charge is 2.57. The van der Waals surface area contributed by atoms with E-state index in [0.29, 0.717) is 5.28 Å². The molecule has 2 saturated heterocycles. The summed E-state index contributed by atoms with van der Waals surface area (Å²) in [4.78, 5) is 14.5. The molecule has 0 atom stereocenters. The summed E-state index contributed by atoms with van der Waals surface area (Å²) >= 11 is 5.80. The van der Waals surface area contributed by atoms with Crippen molar-refractivity contribution in [1.29, 1.82) is 0 Å². The van der Waals surface area contributed by atoms with E-state index in [0.717, 1.165) is 66.8 Å². The highest BCUT2D eigenvalue weighted by atomic mass is 35.5. The summed E-state index contributed by atoms with van der Waals surface area (Å²) < 4.78 is 37.9. The number of imidazole rings is 3. The van der Waals surface area contributed by atoms with Crippen LogP contribution in [0.3, 0.4) is 0 Å². The Morgan fingerprint density at radius 1 is 0.292 bits per heavy atom. The van der Waals surface area contributed by atoms with Crippen LogP contribution in [0, 0.1) is 0 Å². The van der Waals surface area contributed by atoms with Crippen molar-refractivity contribution in [2.75, 3.05) is 0 Å². The van der Waals surface area contributed by atoms with E-state index in [2.05, 4.69) is 348 Å². The van der Waals surface area contributed by atoms with Crippen LogP contribution in [0.25, 0.3) is 133 Å². The molecule has 4 aliphatic heterocycles. The third-order valence-electron chi connectivity index (χ3n) is 26.5. The van der Waals surface area contributed by atoms with Gasteiger partial charge in [0.2, 0.25) is 5.28 Å². The Kier molecular flexibility index (Phi) is 14.3. The third kappa shape index (κ3) is 9.23. The van der Waals surface area contributed by atoms with Crippen LogP contribution in [-0.4, -0.2) is 74.4 Å². The predicted octanol–water partition coefficient (Wildman–Crippen LogP) is 20.9. The van der Waals surface area contributed by atoms with Gasteiger partial charge in [-0.2, -0.15) is 0 Å². The second-order valence-corrected chi connectivity index (χ2v) is 33.7. The van der Waals surface area contributed by atoms with E-state index in [1.807, 2.05) is 35.9 Å². The van der Waals surface area contributed by atoms with Gasteiger partial charge in [-0.15, -0.1) is 0 Å². The van der Waals surface area contributed by atoms with Crippen LogP contribution in [-0.2, 0) is 50.6 Å². The van der Waals surface area contributed by atoms with Gasteiger partial charge >= 0.3 is 14.2 Å². The predicted molar refractivity (Wildman–Crippen MR) is 460 cm³/mol. The molecule has 13 aromatic carbocycles. The summed E-state index contributed by atoms with van der Waals surface area (Å²) in [5, 5.41) is 5.59. The number of aromatic nitrogens is 8. The molecule has 2 aliphatic carbocycles. The van der Waals surface area contributed by atoms with Gasteiger partial charge in [-0.1, -0.05) is 206 Å². The molecular formula is C98H79B2ClN8O4. The van der Waals surface area contributed by atoms with Crippen molar-refractivity contribution in [2.24, 2.45) is 21.1 Å². The molecule has 6 aliphatic rings. The largest absolute Gasteiger partial charge is 0.494 e. The number of benzene rings is 13. The van der Waals surface area contributed by atoms with Gasteiger partial charge in [0.25, 0.3) is 0 Å². The first kappa shape index (κ1) is 68.0. The molecule has 113 heavy (non-hydrogen) atoms. The quantitative estimate of drug-likeness (QED) is 0.162. The van der Waals surface area contributed by atoms with Crippen molar-refractivity contribution in [3.63, 3.8) is 0 Å². The van der Waals surface area contributed by atoms with Gasteiger partial charge in [-0.25, -0.2) is 15.0 Å². The number of para-hydroxylation sites is 12. The number of rotatable bonds is 4. The van der Waals surface area contributed by atoms with Crippen LogP contribution in [0.4, 0.5) is 0 Å². The maximum atomic E-state index is 6.65. The monoisotopic (exact) mass is 1490 g/mol. The first-order valence-electron chi connectivity index (χ1n) is 39.1. The number of nitrogens with zero attached hydrogens (tertiary/aromatic N) is 8. The standard InChI is InChI=1S/C47H31N5.C43H41B2NO4.C8H7ClN2/c1-50-42-20-9-5-16-38(42)48-45(50)28-22-24-30-31-25-23-29(46-49-39-17-6-10-21-43(39)51(46)2)27-37(31)47(36(30)26-28)34-14-4-8-19-41(34)52-40-18-7-3-12-32(40)33-13-11-15-35(47)44(33)52;1-39(2)40(3,4)48-44(47-39)26-20-22-28-29-23-21-27(45-49-41(5,6)42(7,8)50-45)25-35(29)43(34(28)24-26)32-16-10-12-19-37(32)46-36-18-11-9-14-30(36)31-15-13-17-33(43)38(31)46;1-11-7-5-3-2-4-6(7)10-8(11)9/h3-27H,1-2H3;9-25H,1-8H3;2-5H,1H3. The van der Waals surface area contributed by atoms with Gasteiger partial charge in [0, 0.05) is 53.8 Å². The van der Waals surface area contributed by atoms with Crippen molar-refractivity contribution in [1.82, 2.24) is 37.8 Å². The molecule has 2 fully saturated rings. The van der Waals surface area contributed by atoms with E-state index in [1.54, 1.807) is 0 Å². The number of hydrogen-bond donors (Lipinski definition) is 0. The first-order chi connectivity index (χ1) is 54.7. The highest BCUT2D eigenvalue weighted by molar-refractivity contribution is 6.62. The molecule has 0 bridgehead atoms. The lowest BCUT2D eigenvalue weighted by Gasteiger charge is -2.40. The molecule has 12 nitrogen and oxygen atoms in total. The number of fused-ring (bicyclic) bond motifs is 27. The first-order valence-corrected chi connectivity index (χ1v) is 39.5. The van der Waals surface area contributed by atoms with Crippen LogP contribution in [0.5, 0.6) is 0 Å². The lowest BCUT2D eigenvalue weighted by molar-refractivity contribution is 0.00578. The Balaban J connectivity index is 0.000000122. The van der Waals surface area contributed by atoms with Gasteiger partial charge in [0.1, 0.15) is 11.6 Å². The lowest BCUT2D eigenvalue weighted by Crippen LogP contribution is -2.41. The van der Waals surface area contributed by atoms with E-state index < -0.39 is 47.5 Å². The smallest absolute Gasteiger partial charge is 0.399 e. The fourth-order valence-corrected chi connectivity index (χ4v) is 19.9. The summed E-state index contributed by atoms with van der Waals surface area (Å²) in [5.41, 5.74) is 30.0. The fraction of sp³-hybridized carbons (Fsp3) is 0.173. The summed E-state index contributed by atoms with van der Waals surface area (Å²) in [6.07, 6.45) is 0. The minimum atomic E-state index is -0.621. The Morgan fingerprint density at radius 3 is 1.01 bits per heavy atom. The number of aryl methyl sites for hydroxylation is 3. The molecule has 0 amide bonds. The zero-order chi connectivity index (χ0) is 76.7. The third-order valence-corrected chi connectivity index (χ3v) is 26.8. The van der Waals surface area contributed by atoms with Crippen LogP contribution in [0.1, 0.15) is 99.9 Å². The Labute approximate surface area is 660 Å². The average Bonchev–Trinajstić information content (AvgIpc) is 1.51. The molecular weight excluding hydrogens is 1410 g/mol. The summed E-state index contributed by atoms with van der Waals surface area (Å²) in [7, 11) is 5.19. The molecule has 5 aromatic heterocycles. The van der Waals surface area contributed by atoms with E-state index in [1.165, 1.54) is 122 Å². The Bertz CT molecular complexity index is 6900. The van der Waals surface area contributed by atoms with E-state index in [9.17, 15) is 0 Å². The molecule has 0 unspecified atom stereocenters. The Morgan fingerprint density at radius 2 is 0.611 bits per heavy atom. The molecule has 18 aromatic rings. The van der Waals surface area contributed by atoms with Crippen molar-refractivity contribution in [3.05, 3.63) is 329 Å². The molecule has 0 saturated carbocycles. The fourth-order valence-electron chi connectivity index (χ4n) is 19.7. The van der Waals surface area contributed by atoms with E-state index in [-0.39, 0.29) is 0 Å². The van der Waals surface area contributed by atoms with Gasteiger partial charge in [0.05, 0.1) is 99.8 Å². The molecule has 24 rings (SSSR count). The topological polar surface area (TPSA) is 100 Å². The van der Waals surface area contributed by atoms with Crippen LogP contribution in [0.2, 0.25) is 5.28 Å². The summed E-state index contributed by atoms with van der Waals surface area (Å²) in [6, 6.07) is 102. The molecule has 2 spiro atoms. The second kappa shape index (κ2) is 23.8. The number of hydrogen-bond acceptors (Lipinski definition) is 7. The zero-order valence-electron chi connectivity index (χ0n) is 64.8. The molecule has 548 valence electrons.